The second kappa shape index (κ2) is 4.74. The second-order valence-corrected chi connectivity index (χ2v) is 4.72. The van der Waals surface area contributed by atoms with Crippen LogP contribution in [0.2, 0.25) is 0 Å². The summed E-state index contributed by atoms with van der Waals surface area (Å²) in [6, 6.07) is 0. The number of amidine groups is 1. The van der Waals surface area contributed by atoms with Crippen LogP contribution >= 0.6 is 0 Å². The molecule has 1 heterocycles. The summed E-state index contributed by atoms with van der Waals surface area (Å²) >= 11 is 0. The van der Waals surface area contributed by atoms with Gasteiger partial charge < -0.3 is 0 Å². The van der Waals surface area contributed by atoms with Gasteiger partial charge in [0, 0.05) is 0 Å². The van der Waals surface area contributed by atoms with Gasteiger partial charge in [-0.15, -0.1) is 0 Å². The fourth-order valence-corrected chi connectivity index (χ4v) is 2.03. The average molecular weight is 195 g/mol. The van der Waals surface area contributed by atoms with E-state index in [2.05, 4.69) is 39.1 Å². The van der Waals surface area contributed by atoms with Crippen LogP contribution in [0.25, 0.3) is 0 Å². The molecule has 0 aromatic rings. The second-order valence-electron chi connectivity index (χ2n) is 4.72. The van der Waals surface area contributed by atoms with Gasteiger partial charge in [0.15, 0.2) is 0 Å². The Hall–Kier alpha value is -0.630. The maximum Gasteiger partial charge on any atom is 0.210 e. The molecule has 0 N–H and O–H groups in total. The lowest BCUT2D eigenvalue weighted by atomic mass is 10.0. The van der Waals surface area contributed by atoms with Crippen LogP contribution in [0.5, 0.6) is 0 Å². The number of nitrogens with zero attached hydrogens (tertiary/aromatic N) is 2. The lowest BCUT2D eigenvalue weighted by molar-refractivity contribution is -0.742. The van der Waals surface area contributed by atoms with E-state index in [0.29, 0.717) is 5.92 Å². The third kappa shape index (κ3) is 2.68. The van der Waals surface area contributed by atoms with Crippen LogP contribution in [0, 0.1) is 5.92 Å². The highest BCUT2D eigenvalue weighted by Gasteiger charge is 2.29. The third-order valence-corrected chi connectivity index (χ3v) is 2.92. The van der Waals surface area contributed by atoms with E-state index >= 15 is 0 Å². The number of hydrogen-bond donors (Lipinski definition) is 0. The van der Waals surface area contributed by atoms with E-state index in [0.717, 1.165) is 4.48 Å². The number of rotatable bonds is 5. The van der Waals surface area contributed by atoms with Crippen molar-refractivity contribution in [3.8, 4) is 0 Å². The Morgan fingerprint density at radius 1 is 1.36 bits per heavy atom. The zero-order valence-corrected chi connectivity index (χ0v) is 9.95. The van der Waals surface area contributed by atoms with E-state index in [9.17, 15) is 0 Å². The van der Waals surface area contributed by atoms with Crippen LogP contribution in [0.4, 0.5) is 0 Å². The van der Waals surface area contributed by atoms with Crippen molar-refractivity contribution in [2.45, 2.75) is 39.5 Å². The van der Waals surface area contributed by atoms with Crippen molar-refractivity contribution in [3.05, 3.63) is 12.4 Å². The first-order chi connectivity index (χ1) is 6.58. The first-order valence-electron chi connectivity index (χ1n) is 5.67. The van der Waals surface area contributed by atoms with E-state index in [1.165, 1.54) is 31.5 Å². The molecule has 0 amide bonds. The van der Waals surface area contributed by atoms with E-state index in [4.69, 9.17) is 0 Å². The van der Waals surface area contributed by atoms with E-state index in [1.54, 1.807) is 0 Å². The average Bonchev–Trinajstić information content (AvgIpc) is 2.45. The van der Waals surface area contributed by atoms with Gasteiger partial charge in [-0.1, -0.05) is 33.1 Å². The molecular formula is C12H23N2+. The summed E-state index contributed by atoms with van der Waals surface area (Å²) in [7, 11) is 4.39. The van der Waals surface area contributed by atoms with Gasteiger partial charge >= 0.3 is 0 Å². The van der Waals surface area contributed by atoms with Crippen LogP contribution in [-0.4, -0.2) is 24.4 Å². The van der Waals surface area contributed by atoms with Gasteiger partial charge in [0.05, 0.1) is 26.2 Å². The van der Waals surface area contributed by atoms with Crippen molar-refractivity contribution in [1.29, 1.82) is 0 Å². The molecule has 1 aliphatic rings. The predicted octanol–water partition coefficient (Wildman–Crippen LogP) is 3.16. The minimum absolute atomic E-state index is 0.617. The molecule has 0 aliphatic carbocycles. The molecule has 0 bridgehead atoms. The summed E-state index contributed by atoms with van der Waals surface area (Å²) in [5.41, 5.74) is 0. The zero-order valence-electron chi connectivity index (χ0n) is 9.95. The molecule has 80 valence electrons. The van der Waals surface area contributed by atoms with Crippen molar-refractivity contribution >= 4 is 5.84 Å². The van der Waals surface area contributed by atoms with Crippen LogP contribution in [-0.2, 0) is 0 Å². The Morgan fingerprint density at radius 2 is 2.07 bits per heavy atom. The molecule has 0 aromatic heterocycles. The summed E-state index contributed by atoms with van der Waals surface area (Å²) in [6.45, 7) is 4.54. The quantitative estimate of drug-likeness (QED) is 0.472. The molecule has 2 heteroatoms. The van der Waals surface area contributed by atoms with Gasteiger partial charge in [-0.05, 0) is 6.42 Å². The fraction of sp³-hybridized carbons (Fsp3) is 0.750. The summed E-state index contributed by atoms with van der Waals surface area (Å²) in [5, 5.41) is 0. The lowest BCUT2D eigenvalue weighted by Crippen LogP contribution is -2.41. The largest absolute Gasteiger partial charge is 0.256 e. The molecule has 1 rings (SSSR count). The maximum atomic E-state index is 4.48. The highest BCUT2D eigenvalue weighted by molar-refractivity contribution is 5.80. The van der Waals surface area contributed by atoms with Crippen LogP contribution in [0.1, 0.15) is 39.5 Å². The van der Waals surface area contributed by atoms with Gasteiger partial charge in [0.25, 0.3) is 0 Å². The van der Waals surface area contributed by atoms with E-state index in [1.807, 2.05) is 6.20 Å². The van der Waals surface area contributed by atoms with Crippen LogP contribution in [0.3, 0.4) is 0 Å². The molecule has 0 aromatic carbocycles. The highest BCUT2D eigenvalue weighted by atomic mass is 15.4. The molecule has 0 radical (unpaired) electrons. The molecule has 0 spiro atoms. The Labute approximate surface area is 87.9 Å². The standard InChI is InChI=1S/C12H23N2/c1-5-6-7-8-11(2)12-13-9-10-14(12,3)4/h9-11H,5-8H2,1-4H3/q+1. The molecule has 0 saturated carbocycles. The Morgan fingerprint density at radius 3 is 2.57 bits per heavy atom. The first kappa shape index (κ1) is 11.4. The molecule has 2 nitrogen and oxygen atoms in total. The predicted molar refractivity (Wildman–Crippen MR) is 62.0 cm³/mol. The third-order valence-electron chi connectivity index (χ3n) is 2.92. The van der Waals surface area contributed by atoms with Crippen molar-refractivity contribution in [2.75, 3.05) is 14.1 Å². The van der Waals surface area contributed by atoms with Crippen LogP contribution < -0.4 is 0 Å². The van der Waals surface area contributed by atoms with Crippen LogP contribution in [0.15, 0.2) is 17.4 Å². The summed E-state index contributed by atoms with van der Waals surface area (Å²) in [6.07, 6.45) is 9.33. The van der Waals surface area contributed by atoms with E-state index < -0.39 is 0 Å². The molecule has 0 fully saturated rings. The molecular weight excluding hydrogens is 172 g/mol. The number of aliphatic imine (C=N–C) groups is 1. The minimum atomic E-state index is 0.617. The van der Waals surface area contributed by atoms with Gasteiger partial charge in [0.1, 0.15) is 6.20 Å². The normalized spacial score (nSPS) is 21.0. The molecule has 1 atom stereocenters. The molecule has 0 saturated heterocycles. The Kier molecular flexibility index (Phi) is 3.87. The minimum Gasteiger partial charge on any atom is -0.256 e. The maximum absolute atomic E-state index is 4.48. The highest BCUT2D eigenvalue weighted by Crippen LogP contribution is 2.20. The summed E-state index contributed by atoms with van der Waals surface area (Å²) in [5.74, 6) is 1.92. The zero-order chi connectivity index (χ0) is 10.6. The number of hydrogen-bond acceptors (Lipinski definition) is 1. The smallest absolute Gasteiger partial charge is 0.210 e. The number of quaternary nitrogens is 1. The molecule has 1 unspecified atom stereocenters. The van der Waals surface area contributed by atoms with Crippen molar-refractivity contribution < 1.29 is 4.48 Å². The topological polar surface area (TPSA) is 12.4 Å². The fourth-order valence-electron chi connectivity index (χ4n) is 2.03. The van der Waals surface area contributed by atoms with Gasteiger partial charge in [-0.3, -0.25) is 4.48 Å². The van der Waals surface area contributed by atoms with Gasteiger partial charge in [0.2, 0.25) is 5.84 Å². The van der Waals surface area contributed by atoms with Crippen molar-refractivity contribution in [3.63, 3.8) is 0 Å². The number of unbranched alkanes of at least 4 members (excludes halogenated alkanes) is 2. The van der Waals surface area contributed by atoms with Crippen molar-refractivity contribution in [2.24, 2.45) is 10.9 Å². The molecule has 1 aliphatic heterocycles. The Bertz CT molecular complexity index is 239. The van der Waals surface area contributed by atoms with Crippen molar-refractivity contribution in [1.82, 2.24) is 0 Å². The molecule has 14 heavy (non-hydrogen) atoms. The van der Waals surface area contributed by atoms with E-state index in [-0.39, 0.29) is 0 Å². The summed E-state index contributed by atoms with van der Waals surface area (Å²) in [4.78, 5) is 4.48. The van der Waals surface area contributed by atoms with Gasteiger partial charge in [-0.25, -0.2) is 4.99 Å². The SMILES string of the molecule is CCCCCC(C)C1=NC=C[N+]1(C)C. The lowest BCUT2D eigenvalue weighted by Gasteiger charge is -2.25. The summed E-state index contributed by atoms with van der Waals surface area (Å²) < 4.78 is 0.841. The Balaban J connectivity index is 2.42. The monoisotopic (exact) mass is 195 g/mol. The van der Waals surface area contributed by atoms with Gasteiger partial charge in [-0.2, -0.15) is 0 Å². The first-order valence-corrected chi connectivity index (χ1v) is 5.67.